The van der Waals surface area contributed by atoms with Crippen LogP contribution in [-0.4, -0.2) is 35.4 Å². The molecule has 1 fully saturated rings. The van der Waals surface area contributed by atoms with Crippen molar-refractivity contribution in [2.24, 2.45) is 0 Å². The van der Waals surface area contributed by atoms with E-state index in [4.69, 9.17) is 0 Å². The Morgan fingerprint density at radius 2 is 2.14 bits per heavy atom. The van der Waals surface area contributed by atoms with Crippen molar-refractivity contribution in [3.63, 3.8) is 0 Å². The lowest BCUT2D eigenvalue weighted by Gasteiger charge is -2.25. The third-order valence-electron chi connectivity index (χ3n) is 3.82. The average Bonchev–Trinajstić information content (AvgIpc) is 3.17. The van der Waals surface area contributed by atoms with E-state index >= 15 is 0 Å². The Labute approximate surface area is 128 Å². The Hall–Kier alpha value is -1.95. The summed E-state index contributed by atoms with van der Waals surface area (Å²) in [6, 6.07) is 3.82. The van der Waals surface area contributed by atoms with Gasteiger partial charge in [-0.25, -0.2) is 4.98 Å². The van der Waals surface area contributed by atoms with Crippen molar-refractivity contribution in [1.29, 1.82) is 0 Å². The molecule has 21 heavy (non-hydrogen) atoms. The molecule has 6 heteroatoms. The summed E-state index contributed by atoms with van der Waals surface area (Å²) in [6.07, 6.45) is 4.15. The molecule has 0 atom stereocenters. The van der Waals surface area contributed by atoms with Crippen LogP contribution in [0.3, 0.4) is 0 Å². The fourth-order valence-corrected chi connectivity index (χ4v) is 3.30. The number of pyridine rings is 1. The molecule has 0 spiro atoms. The van der Waals surface area contributed by atoms with E-state index in [-0.39, 0.29) is 5.91 Å². The zero-order chi connectivity index (χ0) is 14.8. The van der Waals surface area contributed by atoms with Crippen LogP contribution >= 0.6 is 11.5 Å². The predicted molar refractivity (Wildman–Crippen MR) is 85.3 cm³/mol. The molecule has 1 amide bonds. The topological polar surface area (TPSA) is 49.3 Å². The molecule has 3 heterocycles. The van der Waals surface area contributed by atoms with E-state index in [1.165, 1.54) is 24.4 Å². The van der Waals surface area contributed by atoms with Crippen molar-refractivity contribution < 1.29 is 4.79 Å². The van der Waals surface area contributed by atoms with Gasteiger partial charge >= 0.3 is 0 Å². The maximum atomic E-state index is 12.6. The van der Waals surface area contributed by atoms with Crippen LogP contribution < -0.4 is 9.80 Å². The first kappa shape index (κ1) is 14.0. The molecule has 0 N–H and O–H groups in total. The monoisotopic (exact) mass is 302 g/mol. The first-order valence-electron chi connectivity index (χ1n) is 7.07. The lowest BCUT2D eigenvalue weighted by Crippen LogP contribution is -2.30. The molecule has 3 rings (SSSR count). The molecule has 0 saturated carbocycles. The summed E-state index contributed by atoms with van der Waals surface area (Å²) in [4.78, 5) is 21.1. The number of rotatable bonds is 3. The summed E-state index contributed by atoms with van der Waals surface area (Å²) < 4.78 is 4.18. The molecule has 2 aromatic rings. The Balaban J connectivity index is 1.93. The lowest BCUT2D eigenvalue weighted by atomic mass is 10.2. The summed E-state index contributed by atoms with van der Waals surface area (Å²) >= 11 is 1.31. The third kappa shape index (κ3) is 2.63. The number of aromatic nitrogens is 2. The van der Waals surface area contributed by atoms with Crippen LogP contribution in [0.4, 0.5) is 11.5 Å². The van der Waals surface area contributed by atoms with Crippen LogP contribution in [0.2, 0.25) is 0 Å². The molecular weight excluding hydrogens is 284 g/mol. The number of amides is 1. The van der Waals surface area contributed by atoms with Gasteiger partial charge in [0, 0.05) is 31.7 Å². The van der Waals surface area contributed by atoms with Gasteiger partial charge in [-0.1, -0.05) is 0 Å². The van der Waals surface area contributed by atoms with Gasteiger partial charge in [0.05, 0.1) is 16.9 Å². The zero-order valence-corrected chi connectivity index (χ0v) is 13.1. The standard InChI is InChI=1S/C15H18N4OS/c1-11-12(10-21-17-11)15(20)18(2)13-6-5-7-16-14(13)19-8-3-4-9-19/h5-7,10H,3-4,8-9H2,1-2H3. The molecule has 0 radical (unpaired) electrons. The van der Waals surface area contributed by atoms with E-state index in [1.54, 1.807) is 23.5 Å². The maximum Gasteiger partial charge on any atom is 0.260 e. The van der Waals surface area contributed by atoms with Gasteiger partial charge in [0.1, 0.15) is 0 Å². The van der Waals surface area contributed by atoms with Crippen LogP contribution in [0.5, 0.6) is 0 Å². The van der Waals surface area contributed by atoms with E-state index < -0.39 is 0 Å². The van der Waals surface area contributed by atoms with Crippen molar-refractivity contribution in [1.82, 2.24) is 9.36 Å². The fourth-order valence-electron chi connectivity index (χ4n) is 2.61. The minimum Gasteiger partial charge on any atom is -0.355 e. The first-order chi connectivity index (χ1) is 10.2. The molecule has 0 aliphatic carbocycles. The van der Waals surface area contributed by atoms with E-state index in [0.29, 0.717) is 5.56 Å². The van der Waals surface area contributed by atoms with Crippen molar-refractivity contribution in [2.75, 3.05) is 29.9 Å². The highest BCUT2D eigenvalue weighted by Gasteiger charge is 2.23. The molecule has 0 unspecified atom stereocenters. The summed E-state index contributed by atoms with van der Waals surface area (Å²) in [5, 5.41) is 1.81. The second-order valence-electron chi connectivity index (χ2n) is 5.22. The van der Waals surface area contributed by atoms with E-state index in [2.05, 4.69) is 14.3 Å². The number of carbonyl (C=O) groups is 1. The van der Waals surface area contributed by atoms with Gasteiger partial charge in [0.2, 0.25) is 0 Å². The number of hydrogen-bond acceptors (Lipinski definition) is 5. The lowest BCUT2D eigenvalue weighted by molar-refractivity contribution is 0.0992. The van der Waals surface area contributed by atoms with Crippen LogP contribution in [-0.2, 0) is 0 Å². The fraction of sp³-hybridized carbons (Fsp3) is 0.400. The van der Waals surface area contributed by atoms with Crippen molar-refractivity contribution in [3.8, 4) is 0 Å². The molecule has 2 aromatic heterocycles. The van der Waals surface area contributed by atoms with Crippen molar-refractivity contribution >= 4 is 28.9 Å². The number of carbonyl (C=O) groups excluding carboxylic acids is 1. The average molecular weight is 302 g/mol. The molecule has 5 nitrogen and oxygen atoms in total. The molecule has 110 valence electrons. The highest BCUT2D eigenvalue weighted by Crippen LogP contribution is 2.29. The molecular formula is C15H18N4OS. The van der Waals surface area contributed by atoms with E-state index in [9.17, 15) is 4.79 Å². The second-order valence-corrected chi connectivity index (χ2v) is 5.85. The Morgan fingerprint density at radius 3 is 2.81 bits per heavy atom. The van der Waals surface area contributed by atoms with Crippen molar-refractivity contribution in [2.45, 2.75) is 19.8 Å². The minimum absolute atomic E-state index is 0.0327. The third-order valence-corrected chi connectivity index (χ3v) is 4.54. The van der Waals surface area contributed by atoms with Gasteiger partial charge in [0.15, 0.2) is 5.82 Å². The summed E-state index contributed by atoms with van der Waals surface area (Å²) in [5.74, 6) is 0.862. The zero-order valence-electron chi connectivity index (χ0n) is 12.2. The predicted octanol–water partition coefficient (Wildman–Crippen LogP) is 2.72. The van der Waals surface area contributed by atoms with E-state index in [1.807, 2.05) is 19.1 Å². The van der Waals surface area contributed by atoms with Gasteiger partial charge in [-0.2, -0.15) is 4.37 Å². The van der Waals surface area contributed by atoms with Crippen LogP contribution in [0.25, 0.3) is 0 Å². The highest BCUT2D eigenvalue weighted by molar-refractivity contribution is 7.04. The smallest absolute Gasteiger partial charge is 0.260 e. The quantitative estimate of drug-likeness (QED) is 0.875. The van der Waals surface area contributed by atoms with E-state index in [0.717, 1.165) is 30.3 Å². The SMILES string of the molecule is Cc1nscc1C(=O)N(C)c1cccnc1N1CCCC1. The first-order valence-corrected chi connectivity index (χ1v) is 7.91. The van der Waals surface area contributed by atoms with Crippen LogP contribution in [0, 0.1) is 6.92 Å². The maximum absolute atomic E-state index is 12.6. The number of hydrogen-bond donors (Lipinski definition) is 0. The molecule has 1 saturated heterocycles. The van der Waals surface area contributed by atoms with Gasteiger partial charge in [-0.3, -0.25) is 4.79 Å². The Kier molecular flexibility index (Phi) is 3.88. The van der Waals surface area contributed by atoms with Gasteiger partial charge in [-0.05, 0) is 43.4 Å². The summed E-state index contributed by atoms with van der Waals surface area (Å²) in [6.45, 7) is 3.87. The number of nitrogens with zero attached hydrogens (tertiary/aromatic N) is 4. The highest BCUT2D eigenvalue weighted by atomic mass is 32.1. The largest absolute Gasteiger partial charge is 0.355 e. The Morgan fingerprint density at radius 1 is 1.38 bits per heavy atom. The van der Waals surface area contributed by atoms with Crippen LogP contribution in [0.15, 0.2) is 23.7 Å². The van der Waals surface area contributed by atoms with Gasteiger partial charge in [0.25, 0.3) is 5.91 Å². The normalized spacial score (nSPS) is 14.5. The summed E-state index contributed by atoms with van der Waals surface area (Å²) in [5.41, 5.74) is 2.30. The Bertz CT molecular complexity index is 649. The molecule has 1 aliphatic rings. The molecule has 0 bridgehead atoms. The minimum atomic E-state index is -0.0327. The summed E-state index contributed by atoms with van der Waals surface area (Å²) in [7, 11) is 1.80. The number of aryl methyl sites for hydroxylation is 1. The van der Waals surface area contributed by atoms with Crippen molar-refractivity contribution in [3.05, 3.63) is 35.0 Å². The molecule has 1 aliphatic heterocycles. The second kappa shape index (κ2) is 5.81. The van der Waals surface area contributed by atoms with Gasteiger partial charge in [-0.15, -0.1) is 0 Å². The van der Waals surface area contributed by atoms with Gasteiger partial charge < -0.3 is 9.80 Å². The number of anilines is 2. The molecule has 0 aromatic carbocycles. The van der Waals surface area contributed by atoms with Crippen LogP contribution in [0.1, 0.15) is 28.9 Å².